The van der Waals surface area contributed by atoms with Crippen molar-refractivity contribution in [1.82, 2.24) is 14.7 Å². The SMILES string of the molecule is Cc1c(C(=O)N2CCC[C@@H](C(=O)O)C2)cnn1-c1cccc(Cl)c1. The summed E-state index contributed by atoms with van der Waals surface area (Å²) in [7, 11) is 0. The van der Waals surface area contributed by atoms with Gasteiger partial charge < -0.3 is 10.0 Å². The molecule has 0 radical (unpaired) electrons. The molecule has 1 aromatic heterocycles. The first-order chi connectivity index (χ1) is 11.5. The van der Waals surface area contributed by atoms with Gasteiger partial charge in [0.05, 0.1) is 29.1 Å². The summed E-state index contributed by atoms with van der Waals surface area (Å²) < 4.78 is 1.66. The van der Waals surface area contributed by atoms with Gasteiger partial charge in [0, 0.05) is 18.1 Å². The Morgan fingerprint density at radius 1 is 1.38 bits per heavy atom. The predicted octanol–water partition coefficient (Wildman–Crippen LogP) is 2.77. The number of piperidine rings is 1. The highest BCUT2D eigenvalue weighted by Gasteiger charge is 2.30. The van der Waals surface area contributed by atoms with E-state index in [1.165, 1.54) is 6.20 Å². The van der Waals surface area contributed by atoms with E-state index >= 15 is 0 Å². The Kier molecular flexibility index (Phi) is 4.57. The number of hydrogen-bond acceptors (Lipinski definition) is 3. The van der Waals surface area contributed by atoms with Crippen LogP contribution in [-0.4, -0.2) is 44.8 Å². The molecule has 1 fully saturated rings. The summed E-state index contributed by atoms with van der Waals surface area (Å²) in [6.45, 7) is 2.64. The van der Waals surface area contributed by atoms with E-state index in [0.717, 1.165) is 5.69 Å². The zero-order chi connectivity index (χ0) is 17.3. The maximum atomic E-state index is 12.8. The molecule has 1 atom stereocenters. The van der Waals surface area contributed by atoms with Gasteiger partial charge in [0.2, 0.25) is 0 Å². The largest absolute Gasteiger partial charge is 0.481 e. The van der Waals surface area contributed by atoms with Crippen molar-refractivity contribution in [3.63, 3.8) is 0 Å². The van der Waals surface area contributed by atoms with Crippen molar-refractivity contribution in [2.75, 3.05) is 13.1 Å². The third-order valence-electron chi connectivity index (χ3n) is 4.35. The van der Waals surface area contributed by atoms with E-state index in [0.29, 0.717) is 35.7 Å². The molecular weight excluding hydrogens is 330 g/mol. The second-order valence-corrected chi connectivity index (χ2v) is 6.40. The van der Waals surface area contributed by atoms with Crippen LogP contribution in [0, 0.1) is 12.8 Å². The molecule has 2 heterocycles. The summed E-state index contributed by atoms with van der Waals surface area (Å²) in [6.07, 6.45) is 2.84. The normalized spacial score (nSPS) is 17.8. The molecule has 1 aliphatic rings. The maximum absolute atomic E-state index is 12.8. The number of amides is 1. The van der Waals surface area contributed by atoms with Crippen LogP contribution in [0.25, 0.3) is 5.69 Å². The topological polar surface area (TPSA) is 75.4 Å². The Morgan fingerprint density at radius 3 is 2.88 bits per heavy atom. The second kappa shape index (κ2) is 6.65. The van der Waals surface area contributed by atoms with Crippen molar-refractivity contribution in [2.24, 2.45) is 5.92 Å². The molecule has 7 heteroatoms. The predicted molar refractivity (Wildman–Crippen MR) is 89.6 cm³/mol. The van der Waals surface area contributed by atoms with Gasteiger partial charge in [-0.05, 0) is 38.0 Å². The van der Waals surface area contributed by atoms with Crippen molar-refractivity contribution in [3.8, 4) is 5.69 Å². The van der Waals surface area contributed by atoms with Crippen LogP contribution >= 0.6 is 11.6 Å². The van der Waals surface area contributed by atoms with Gasteiger partial charge in [0.15, 0.2) is 0 Å². The van der Waals surface area contributed by atoms with Gasteiger partial charge in [0.1, 0.15) is 0 Å². The Bertz CT molecular complexity index is 787. The van der Waals surface area contributed by atoms with Gasteiger partial charge in [-0.15, -0.1) is 0 Å². The zero-order valence-electron chi connectivity index (χ0n) is 13.3. The first-order valence-corrected chi connectivity index (χ1v) is 8.18. The van der Waals surface area contributed by atoms with Crippen molar-refractivity contribution in [2.45, 2.75) is 19.8 Å². The highest BCUT2D eigenvalue weighted by atomic mass is 35.5. The quantitative estimate of drug-likeness (QED) is 0.926. The molecule has 0 unspecified atom stereocenters. The van der Waals surface area contributed by atoms with Crippen LogP contribution in [0.1, 0.15) is 28.9 Å². The fraction of sp³-hybridized carbons (Fsp3) is 0.353. The van der Waals surface area contributed by atoms with Crippen LogP contribution in [0.15, 0.2) is 30.5 Å². The molecular formula is C17H18ClN3O3. The minimum atomic E-state index is -0.848. The van der Waals surface area contributed by atoms with Gasteiger partial charge in [0.25, 0.3) is 5.91 Å². The Hall–Kier alpha value is -2.34. The van der Waals surface area contributed by atoms with E-state index in [1.54, 1.807) is 21.7 Å². The lowest BCUT2D eigenvalue weighted by molar-refractivity contribution is -0.143. The third kappa shape index (κ3) is 3.14. The first kappa shape index (κ1) is 16.5. The van der Waals surface area contributed by atoms with Crippen LogP contribution in [0.4, 0.5) is 0 Å². The highest BCUT2D eigenvalue weighted by molar-refractivity contribution is 6.30. The summed E-state index contributed by atoms with van der Waals surface area (Å²) in [5.74, 6) is -1.52. The number of aliphatic carboxylic acids is 1. The van der Waals surface area contributed by atoms with Crippen LogP contribution in [-0.2, 0) is 4.79 Å². The van der Waals surface area contributed by atoms with E-state index in [4.69, 9.17) is 11.6 Å². The van der Waals surface area contributed by atoms with Crippen LogP contribution in [0.5, 0.6) is 0 Å². The molecule has 1 N–H and O–H groups in total. The van der Waals surface area contributed by atoms with E-state index < -0.39 is 11.9 Å². The summed E-state index contributed by atoms with van der Waals surface area (Å²) >= 11 is 6.01. The third-order valence-corrected chi connectivity index (χ3v) is 4.59. The molecule has 1 aromatic carbocycles. The number of aromatic nitrogens is 2. The minimum absolute atomic E-state index is 0.174. The average molecular weight is 348 g/mol. The summed E-state index contributed by atoms with van der Waals surface area (Å²) in [6, 6.07) is 7.23. The standard InChI is InChI=1S/C17H18ClN3O3/c1-11-15(9-19-21(11)14-6-2-5-13(18)8-14)16(22)20-7-3-4-12(10-20)17(23)24/h2,5-6,8-9,12H,3-4,7,10H2,1H3,(H,23,24)/t12-/m1/s1. The van der Waals surface area contributed by atoms with E-state index in [9.17, 15) is 14.7 Å². The maximum Gasteiger partial charge on any atom is 0.308 e. The number of carbonyl (C=O) groups excluding carboxylic acids is 1. The fourth-order valence-corrected chi connectivity index (χ4v) is 3.21. The van der Waals surface area contributed by atoms with Crippen LogP contribution in [0.2, 0.25) is 5.02 Å². The number of carboxylic acid groups (broad SMARTS) is 1. The van der Waals surface area contributed by atoms with Gasteiger partial charge in [-0.1, -0.05) is 17.7 Å². The fourth-order valence-electron chi connectivity index (χ4n) is 3.02. The Morgan fingerprint density at radius 2 is 2.17 bits per heavy atom. The van der Waals surface area contributed by atoms with Gasteiger partial charge in [-0.3, -0.25) is 9.59 Å². The molecule has 0 bridgehead atoms. The van der Waals surface area contributed by atoms with Crippen LogP contribution in [0.3, 0.4) is 0 Å². The van der Waals surface area contributed by atoms with Crippen molar-refractivity contribution < 1.29 is 14.7 Å². The molecule has 24 heavy (non-hydrogen) atoms. The van der Waals surface area contributed by atoms with Crippen molar-refractivity contribution >= 4 is 23.5 Å². The molecule has 6 nitrogen and oxygen atoms in total. The van der Waals surface area contributed by atoms with E-state index in [-0.39, 0.29) is 12.5 Å². The second-order valence-electron chi connectivity index (χ2n) is 5.96. The Labute approximate surface area is 144 Å². The highest BCUT2D eigenvalue weighted by Crippen LogP contribution is 2.22. The molecule has 1 aliphatic heterocycles. The van der Waals surface area contributed by atoms with Crippen molar-refractivity contribution in [3.05, 3.63) is 46.7 Å². The van der Waals surface area contributed by atoms with Gasteiger partial charge >= 0.3 is 5.97 Å². The number of halogens is 1. The Balaban J connectivity index is 1.85. The average Bonchev–Trinajstić information content (AvgIpc) is 2.96. The minimum Gasteiger partial charge on any atom is -0.481 e. The number of rotatable bonds is 3. The lowest BCUT2D eigenvalue weighted by atomic mass is 9.98. The summed E-state index contributed by atoms with van der Waals surface area (Å²) in [5, 5.41) is 14.1. The monoisotopic (exact) mass is 347 g/mol. The van der Waals surface area contributed by atoms with Gasteiger partial charge in [-0.2, -0.15) is 5.10 Å². The molecule has 0 spiro atoms. The lowest BCUT2D eigenvalue weighted by Gasteiger charge is -2.30. The van der Waals surface area contributed by atoms with E-state index in [2.05, 4.69) is 5.10 Å². The first-order valence-electron chi connectivity index (χ1n) is 7.80. The molecule has 2 aromatic rings. The number of likely N-dealkylation sites (tertiary alicyclic amines) is 1. The molecule has 1 amide bonds. The van der Waals surface area contributed by atoms with E-state index in [1.807, 2.05) is 19.1 Å². The van der Waals surface area contributed by atoms with Crippen molar-refractivity contribution in [1.29, 1.82) is 0 Å². The lowest BCUT2D eigenvalue weighted by Crippen LogP contribution is -2.42. The number of carbonyl (C=O) groups is 2. The van der Waals surface area contributed by atoms with Gasteiger partial charge in [-0.25, -0.2) is 4.68 Å². The van der Waals surface area contributed by atoms with Crippen LogP contribution < -0.4 is 0 Å². The summed E-state index contributed by atoms with van der Waals surface area (Å²) in [4.78, 5) is 25.5. The molecule has 0 aliphatic carbocycles. The number of benzene rings is 1. The smallest absolute Gasteiger partial charge is 0.308 e. The number of nitrogens with zero attached hydrogens (tertiary/aromatic N) is 3. The summed E-state index contributed by atoms with van der Waals surface area (Å²) in [5.41, 5.74) is 1.97. The zero-order valence-corrected chi connectivity index (χ0v) is 14.0. The molecule has 126 valence electrons. The molecule has 3 rings (SSSR count). The number of hydrogen-bond donors (Lipinski definition) is 1. The molecule has 0 saturated carbocycles. The molecule has 1 saturated heterocycles. The number of carboxylic acids is 1.